The standard InChI is InChI=1S/C17H13FN6/c18-14-6-4-12(5-7-14)10-20-16-11-21-24-17(23-16)22-15-3-1-2-13(8-15)9-19/h1-8,11H,10H2,(H2,20,22,23,24). The van der Waals surface area contributed by atoms with Gasteiger partial charge in [-0.2, -0.15) is 15.3 Å². The van der Waals surface area contributed by atoms with Crippen LogP contribution in [0.25, 0.3) is 0 Å². The summed E-state index contributed by atoms with van der Waals surface area (Å²) in [7, 11) is 0. The molecule has 0 radical (unpaired) electrons. The van der Waals surface area contributed by atoms with Crippen molar-refractivity contribution in [1.82, 2.24) is 15.2 Å². The number of anilines is 3. The molecule has 3 aromatic rings. The summed E-state index contributed by atoms with van der Waals surface area (Å²) >= 11 is 0. The van der Waals surface area contributed by atoms with E-state index in [9.17, 15) is 4.39 Å². The number of nitrogens with zero attached hydrogens (tertiary/aromatic N) is 4. The summed E-state index contributed by atoms with van der Waals surface area (Å²) in [5.41, 5.74) is 2.16. The van der Waals surface area contributed by atoms with Crippen LogP contribution < -0.4 is 10.6 Å². The molecule has 0 aliphatic carbocycles. The number of benzene rings is 2. The van der Waals surface area contributed by atoms with Crippen LogP contribution in [0.4, 0.5) is 21.8 Å². The topological polar surface area (TPSA) is 86.5 Å². The van der Waals surface area contributed by atoms with Crippen LogP contribution in [0.3, 0.4) is 0 Å². The van der Waals surface area contributed by atoms with Crippen molar-refractivity contribution >= 4 is 17.5 Å². The van der Waals surface area contributed by atoms with Gasteiger partial charge in [0.1, 0.15) is 5.82 Å². The molecule has 2 aromatic carbocycles. The molecule has 7 heteroatoms. The Hall–Kier alpha value is -3.53. The average molecular weight is 320 g/mol. The molecule has 0 atom stereocenters. The van der Waals surface area contributed by atoms with Crippen molar-refractivity contribution in [2.45, 2.75) is 6.54 Å². The zero-order valence-electron chi connectivity index (χ0n) is 12.6. The molecule has 24 heavy (non-hydrogen) atoms. The van der Waals surface area contributed by atoms with E-state index in [1.807, 2.05) is 6.07 Å². The third-order valence-corrected chi connectivity index (χ3v) is 3.19. The van der Waals surface area contributed by atoms with Crippen LogP contribution in [-0.4, -0.2) is 15.2 Å². The van der Waals surface area contributed by atoms with Gasteiger partial charge in [-0.1, -0.05) is 18.2 Å². The summed E-state index contributed by atoms with van der Waals surface area (Å²) < 4.78 is 12.9. The number of nitrogens with one attached hydrogen (secondary N) is 2. The van der Waals surface area contributed by atoms with Gasteiger partial charge >= 0.3 is 0 Å². The summed E-state index contributed by atoms with van der Waals surface area (Å²) in [4.78, 5) is 4.30. The molecule has 0 amide bonds. The molecule has 0 saturated carbocycles. The normalized spacial score (nSPS) is 10.0. The monoisotopic (exact) mass is 320 g/mol. The number of hydrogen-bond donors (Lipinski definition) is 2. The SMILES string of the molecule is N#Cc1cccc(Nc2nncc(NCc3ccc(F)cc3)n2)c1. The fourth-order valence-electron chi connectivity index (χ4n) is 2.03. The zero-order valence-corrected chi connectivity index (χ0v) is 12.6. The number of aromatic nitrogens is 3. The molecule has 0 fully saturated rings. The molecule has 0 unspecified atom stereocenters. The molecule has 0 bridgehead atoms. The summed E-state index contributed by atoms with van der Waals surface area (Å²) in [6, 6.07) is 15.3. The maximum atomic E-state index is 12.9. The Morgan fingerprint density at radius 1 is 1.12 bits per heavy atom. The summed E-state index contributed by atoms with van der Waals surface area (Å²) in [5, 5.41) is 22.8. The van der Waals surface area contributed by atoms with Gasteiger partial charge in [-0.05, 0) is 35.9 Å². The van der Waals surface area contributed by atoms with Crippen molar-refractivity contribution in [2.24, 2.45) is 0 Å². The molecule has 1 aromatic heterocycles. The summed E-state index contributed by atoms with van der Waals surface area (Å²) in [6.07, 6.45) is 1.50. The highest BCUT2D eigenvalue weighted by Gasteiger charge is 2.03. The van der Waals surface area contributed by atoms with Crippen molar-refractivity contribution in [2.75, 3.05) is 10.6 Å². The van der Waals surface area contributed by atoms with Gasteiger partial charge in [0.05, 0.1) is 17.8 Å². The van der Waals surface area contributed by atoms with E-state index in [0.29, 0.717) is 29.6 Å². The number of hydrogen-bond acceptors (Lipinski definition) is 6. The second-order valence-electron chi connectivity index (χ2n) is 4.96. The predicted octanol–water partition coefficient (Wildman–Crippen LogP) is 3.24. The Labute approximate surface area is 138 Å². The van der Waals surface area contributed by atoms with E-state index in [-0.39, 0.29) is 5.82 Å². The van der Waals surface area contributed by atoms with E-state index in [4.69, 9.17) is 5.26 Å². The van der Waals surface area contributed by atoms with Gasteiger partial charge < -0.3 is 10.6 Å². The third kappa shape index (κ3) is 4.01. The largest absolute Gasteiger partial charge is 0.365 e. The van der Waals surface area contributed by atoms with Crippen LogP contribution in [0, 0.1) is 17.1 Å². The van der Waals surface area contributed by atoms with Crippen molar-refractivity contribution in [3.8, 4) is 6.07 Å². The number of halogens is 1. The molecule has 2 N–H and O–H groups in total. The van der Waals surface area contributed by atoms with E-state index < -0.39 is 0 Å². The van der Waals surface area contributed by atoms with Gasteiger partial charge in [0.2, 0.25) is 5.95 Å². The highest BCUT2D eigenvalue weighted by atomic mass is 19.1. The first-order chi connectivity index (χ1) is 11.7. The van der Waals surface area contributed by atoms with Crippen LogP contribution in [0.1, 0.15) is 11.1 Å². The number of rotatable bonds is 5. The maximum absolute atomic E-state index is 12.9. The minimum Gasteiger partial charge on any atom is -0.365 e. The predicted molar refractivity (Wildman–Crippen MR) is 88.0 cm³/mol. The van der Waals surface area contributed by atoms with Crippen molar-refractivity contribution < 1.29 is 4.39 Å². The van der Waals surface area contributed by atoms with Gasteiger partial charge in [0.25, 0.3) is 0 Å². The van der Waals surface area contributed by atoms with Crippen molar-refractivity contribution in [1.29, 1.82) is 5.26 Å². The van der Waals surface area contributed by atoms with E-state index >= 15 is 0 Å². The first-order valence-corrected chi connectivity index (χ1v) is 7.18. The second-order valence-corrected chi connectivity index (χ2v) is 4.96. The number of nitriles is 1. The maximum Gasteiger partial charge on any atom is 0.249 e. The quantitative estimate of drug-likeness (QED) is 0.750. The fourth-order valence-corrected chi connectivity index (χ4v) is 2.03. The smallest absolute Gasteiger partial charge is 0.249 e. The van der Waals surface area contributed by atoms with Crippen molar-refractivity contribution in [3.63, 3.8) is 0 Å². The first-order valence-electron chi connectivity index (χ1n) is 7.18. The first kappa shape index (κ1) is 15.4. The Kier molecular flexibility index (Phi) is 4.58. The fraction of sp³-hybridized carbons (Fsp3) is 0.0588. The highest BCUT2D eigenvalue weighted by molar-refractivity contribution is 5.56. The molecule has 118 valence electrons. The van der Waals surface area contributed by atoms with Gasteiger partial charge in [-0.25, -0.2) is 4.39 Å². The van der Waals surface area contributed by atoms with E-state index in [1.165, 1.54) is 18.3 Å². The minimum absolute atomic E-state index is 0.270. The van der Waals surface area contributed by atoms with Crippen LogP contribution in [0.5, 0.6) is 0 Å². The van der Waals surface area contributed by atoms with Crippen LogP contribution in [0.15, 0.2) is 54.7 Å². The third-order valence-electron chi connectivity index (χ3n) is 3.19. The van der Waals surface area contributed by atoms with E-state index in [0.717, 1.165) is 5.56 Å². The van der Waals surface area contributed by atoms with Crippen LogP contribution in [0.2, 0.25) is 0 Å². The molecular weight excluding hydrogens is 307 g/mol. The van der Waals surface area contributed by atoms with Crippen molar-refractivity contribution in [3.05, 3.63) is 71.7 Å². The summed E-state index contributed by atoms with van der Waals surface area (Å²) in [6.45, 7) is 0.488. The summed E-state index contributed by atoms with van der Waals surface area (Å²) in [5.74, 6) is 0.580. The van der Waals surface area contributed by atoms with Crippen LogP contribution >= 0.6 is 0 Å². The lowest BCUT2D eigenvalue weighted by Crippen LogP contribution is -2.05. The molecule has 0 aliphatic heterocycles. The molecule has 6 nitrogen and oxygen atoms in total. The Morgan fingerprint density at radius 2 is 1.96 bits per heavy atom. The Morgan fingerprint density at radius 3 is 2.75 bits per heavy atom. The lowest BCUT2D eigenvalue weighted by atomic mass is 10.2. The highest BCUT2D eigenvalue weighted by Crippen LogP contribution is 2.15. The Balaban J connectivity index is 1.67. The second kappa shape index (κ2) is 7.15. The lowest BCUT2D eigenvalue weighted by molar-refractivity contribution is 0.627. The molecule has 0 aliphatic rings. The van der Waals surface area contributed by atoms with Gasteiger partial charge in [0, 0.05) is 12.2 Å². The minimum atomic E-state index is -0.270. The molecule has 3 rings (SSSR count). The van der Waals surface area contributed by atoms with Gasteiger partial charge in [0.15, 0.2) is 5.82 Å². The molecule has 1 heterocycles. The molecule has 0 saturated heterocycles. The molecule has 0 spiro atoms. The van der Waals surface area contributed by atoms with Crippen LogP contribution in [-0.2, 0) is 6.54 Å². The van der Waals surface area contributed by atoms with Gasteiger partial charge in [-0.15, -0.1) is 5.10 Å². The van der Waals surface area contributed by atoms with E-state index in [1.54, 1.807) is 30.3 Å². The van der Waals surface area contributed by atoms with Gasteiger partial charge in [-0.3, -0.25) is 0 Å². The van der Waals surface area contributed by atoms with E-state index in [2.05, 4.69) is 31.9 Å². The average Bonchev–Trinajstić information content (AvgIpc) is 2.62. The lowest BCUT2D eigenvalue weighted by Gasteiger charge is -2.08. The molecular formula is C17H13FN6. The zero-order chi connectivity index (χ0) is 16.8. The Bertz CT molecular complexity index is 873.